The monoisotopic (exact) mass is 392 g/mol. The molecule has 166 valence electrons. The summed E-state index contributed by atoms with van der Waals surface area (Å²) in [7, 11) is 0. The highest BCUT2D eigenvalue weighted by atomic mass is 16.3. The molecule has 0 saturated heterocycles. The van der Waals surface area contributed by atoms with E-state index in [4.69, 9.17) is 0 Å². The van der Waals surface area contributed by atoms with E-state index in [-0.39, 0.29) is 0 Å². The minimum absolute atomic E-state index is 0.379. The number of rotatable bonds is 3. The van der Waals surface area contributed by atoms with Crippen molar-refractivity contribution in [1.29, 1.82) is 0 Å². The van der Waals surface area contributed by atoms with Crippen molar-refractivity contribution in [1.82, 2.24) is 0 Å². The van der Waals surface area contributed by atoms with Crippen molar-refractivity contribution in [2.75, 3.05) is 6.61 Å². The molecular formula is C27H52O. The van der Waals surface area contributed by atoms with Gasteiger partial charge in [-0.15, -0.1) is 0 Å². The van der Waals surface area contributed by atoms with Crippen LogP contribution in [0.2, 0.25) is 0 Å². The van der Waals surface area contributed by atoms with Gasteiger partial charge < -0.3 is 5.11 Å². The van der Waals surface area contributed by atoms with E-state index in [1.54, 1.807) is 0 Å². The lowest BCUT2D eigenvalue weighted by molar-refractivity contribution is -0.114. The maximum Gasteiger partial charge on any atom is 0.0433 e. The fourth-order valence-corrected chi connectivity index (χ4v) is 8.68. The maximum atomic E-state index is 9.43. The van der Waals surface area contributed by atoms with Gasteiger partial charge in [0.05, 0.1) is 0 Å². The van der Waals surface area contributed by atoms with Gasteiger partial charge in [0.25, 0.3) is 0 Å². The van der Waals surface area contributed by atoms with Gasteiger partial charge in [0.2, 0.25) is 0 Å². The van der Waals surface area contributed by atoms with Crippen LogP contribution in [0.1, 0.15) is 119 Å². The molecule has 7 unspecified atom stereocenters. The third kappa shape index (κ3) is 4.08. The van der Waals surface area contributed by atoms with Gasteiger partial charge in [-0.1, -0.05) is 61.3 Å². The van der Waals surface area contributed by atoms with Gasteiger partial charge in [-0.25, -0.2) is 0 Å². The molecule has 4 fully saturated rings. The van der Waals surface area contributed by atoms with E-state index >= 15 is 0 Å². The molecule has 8 atom stereocenters. The standard InChI is InChI=1S/C23H40O.2C2H6/c1-16(12-15-24)19-9-10-20-18-8-7-17-6-4-5-13-22(17,2)21(18)11-14-23(19,20)3;2*1-2/h16-21,24H,4-15H2,1-3H3;2*1-2H3/t16-,17?,18?,19?,20?,21?,22?,23?;;/m1../s1. The quantitative estimate of drug-likeness (QED) is 0.514. The lowest BCUT2D eigenvalue weighted by atomic mass is 9.44. The Labute approximate surface area is 177 Å². The van der Waals surface area contributed by atoms with Crippen LogP contribution in [0, 0.1) is 46.3 Å². The Morgan fingerprint density at radius 1 is 0.786 bits per heavy atom. The summed E-state index contributed by atoms with van der Waals surface area (Å²) in [5.74, 6) is 5.66. The van der Waals surface area contributed by atoms with E-state index < -0.39 is 0 Å². The highest BCUT2D eigenvalue weighted by Gasteiger charge is 2.59. The molecule has 0 radical (unpaired) electrons. The molecule has 0 spiro atoms. The summed E-state index contributed by atoms with van der Waals surface area (Å²) in [6, 6.07) is 0. The van der Waals surface area contributed by atoms with Crippen molar-refractivity contribution in [3.63, 3.8) is 0 Å². The van der Waals surface area contributed by atoms with Gasteiger partial charge in [-0.05, 0) is 104 Å². The Balaban J connectivity index is 0.000000660. The summed E-state index contributed by atoms with van der Waals surface area (Å²) in [5, 5.41) is 9.43. The van der Waals surface area contributed by atoms with Crippen LogP contribution in [0.25, 0.3) is 0 Å². The van der Waals surface area contributed by atoms with Gasteiger partial charge in [-0.2, -0.15) is 0 Å². The summed E-state index contributed by atoms with van der Waals surface area (Å²) >= 11 is 0. The first-order valence-electron chi connectivity index (χ1n) is 13.1. The highest BCUT2D eigenvalue weighted by Crippen LogP contribution is 2.68. The van der Waals surface area contributed by atoms with Crippen LogP contribution in [0.5, 0.6) is 0 Å². The highest BCUT2D eigenvalue weighted by molar-refractivity contribution is 5.09. The Hall–Kier alpha value is -0.0400. The molecule has 1 nitrogen and oxygen atoms in total. The zero-order chi connectivity index (χ0) is 20.9. The van der Waals surface area contributed by atoms with Gasteiger partial charge >= 0.3 is 0 Å². The van der Waals surface area contributed by atoms with E-state index in [2.05, 4.69) is 20.8 Å². The van der Waals surface area contributed by atoms with E-state index in [9.17, 15) is 5.11 Å². The van der Waals surface area contributed by atoms with E-state index in [1.807, 2.05) is 27.7 Å². The van der Waals surface area contributed by atoms with Crippen LogP contribution in [0.4, 0.5) is 0 Å². The molecule has 0 heterocycles. The molecule has 0 aromatic heterocycles. The zero-order valence-corrected chi connectivity index (χ0v) is 20.4. The summed E-state index contributed by atoms with van der Waals surface area (Å²) in [5.41, 5.74) is 1.25. The molecule has 4 saturated carbocycles. The molecular weight excluding hydrogens is 340 g/mol. The maximum absolute atomic E-state index is 9.43. The van der Waals surface area contributed by atoms with Gasteiger partial charge in [-0.3, -0.25) is 0 Å². The van der Waals surface area contributed by atoms with Crippen molar-refractivity contribution in [2.24, 2.45) is 46.3 Å². The van der Waals surface area contributed by atoms with E-state index in [0.29, 0.717) is 23.4 Å². The topological polar surface area (TPSA) is 20.2 Å². The first-order chi connectivity index (χ1) is 13.5. The smallest absolute Gasteiger partial charge is 0.0433 e. The van der Waals surface area contributed by atoms with Crippen LogP contribution in [-0.2, 0) is 0 Å². The minimum Gasteiger partial charge on any atom is -0.396 e. The van der Waals surface area contributed by atoms with Crippen molar-refractivity contribution >= 4 is 0 Å². The van der Waals surface area contributed by atoms with Crippen LogP contribution in [0.15, 0.2) is 0 Å². The summed E-state index contributed by atoms with van der Waals surface area (Å²) in [4.78, 5) is 0. The number of hydrogen-bond donors (Lipinski definition) is 1. The average Bonchev–Trinajstić information content (AvgIpc) is 3.08. The molecule has 4 aliphatic carbocycles. The summed E-state index contributed by atoms with van der Waals surface area (Å²) < 4.78 is 0. The second-order valence-electron chi connectivity index (χ2n) is 10.6. The number of aliphatic hydroxyl groups is 1. The number of hydrogen-bond acceptors (Lipinski definition) is 1. The van der Waals surface area contributed by atoms with Crippen LogP contribution >= 0.6 is 0 Å². The molecule has 1 heteroatoms. The fraction of sp³-hybridized carbons (Fsp3) is 1.00. The van der Waals surface area contributed by atoms with Crippen molar-refractivity contribution < 1.29 is 5.11 Å². The predicted octanol–water partition coefficient (Wildman–Crippen LogP) is 8.11. The van der Waals surface area contributed by atoms with E-state index in [0.717, 1.165) is 36.0 Å². The van der Waals surface area contributed by atoms with Gasteiger partial charge in [0, 0.05) is 6.61 Å². The first kappa shape index (κ1) is 24.2. The van der Waals surface area contributed by atoms with Crippen molar-refractivity contribution in [3.8, 4) is 0 Å². The third-order valence-electron chi connectivity index (χ3n) is 9.93. The molecule has 0 aromatic rings. The summed E-state index contributed by atoms with van der Waals surface area (Å²) in [6.45, 7) is 16.1. The first-order valence-corrected chi connectivity index (χ1v) is 13.1. The SMILES string of the molecule is CC.CC.C[C@H](CCO)C1CCC2C3CCC4CCCCC4(C)C3CCC21C. The average molecular weight is 393 g/mol. The second kappa shape index (κ2) is 10.3. The normalized spacial score (nSPS) is 45.2. The Bertz CT molecular complexity index is 459. The summed E-state index contributed by atoms with van der Waals surface area (Å²) in [6.07, 6.45) is 16.0. The largest absolute Gasteiger partial charge is 0.396 e. The molecule has 0 amide bonds. The Kier molecular flexibility index (Phi) is 8.93. The molecule has 0 bridgehead atoms. The molecule has 0 aromatic carbocycles. The van der Waals surface area contributed by atoms with Crippen LogP contribution in [-0.4, -0.2) is 11.7 Å². The minimum atomic E-state index is 0.379. The van der Waals surface area contributed by atoms with Crippen LogP contribution in [0.3, 0.4) is 0 Å². The third-order valence-corrected chi connectivity index (χ3v) is 9.93. The van der Waals surface area contributed by atoms with Crippen molar-refractivity contribution in [3.05, 3.63) is 0 Å². The predicted molar refractivity (Wildman–Crippen MR) is 123 cm³/mol. The Morgan fingerprint density at radius 3 is 2.14 bits per heavy atom. The lowest BCUT2D eigenvalue weighted by Crippen LogP contribution is -2.53. The number of aliphatic hydroxyl groups excluding tert-OH is 1. The molecule has 0 aliphatic heterocycles. The van der Waals surface area contributed by atoms with E-state index in [1.165, 1.54) is 64.2 Å². The molecule has 4 aliphatic rings. The number of fused-ring (bicyclic) bond motifs is 5. The molecule has 1 N–H and O–H groups in total. The van der Waals surface area contributed by atoms with Crippen molar-refractivity contribution in [2.45, 2.75) is 119 Å². The van der Waals surface area contributed by atoms with Crippen LogP contribution < -0.4 is 0 Å². The molecule has 28 heavy (non-hydrogen) atoms. The fourth-order valence-electron chi connectivity index (χ4n) is 8.68. The zero-order valence-electron chi connectivity index (χ0n) is 20.4. The second-order valence-corrected chi connectivity index (χ2v) is 10.6. The molecule has 4 rings (SSSR count). The van der Waals surface area contributed by atoms with Gasteiger partial charge in [0.15, 0.2) is 0 Å². The Morgan fingerprint density at radius 2 is 1.46 bits per heavy atom. The lowest BCUT2D eigenvalue weighted by Gasteiger charge is -2.61. The van der Waals surface area contributed by atoms with Gasteiger partial charge in [0.1, 0.15) is 0 Å².